The fraction of sp³-hybridized carbons (Fsp3) is 0.271. The van der Waals surface area contributed by atoms with E-state index in [-0.39, 0.29) is 45.0 Å². The first kappa shape index (κ1) is 104. The Kier molecular flexibility index (Phi) is 58.4. The van der Waals surface area contributed by atoms with E-state index in [2.05, 4.69) is 77.1 Å². The van der Waals surface area contributed by atoms with Crippen LogP contribution in [-0.4, -0.2) is 151 Å². The maximum absolute atomic E-state index is 11.9. The lowest BCUT2D eigenvalue weighted by Gasteiger charge is -2.07. The Hall–Kier alpha value is -13.9. The van der Waals surface area contributed by atoms with Crippen LogP contribution in [0.25, 0.3) is 0 Å². The molecule has 0 atom stereocenters. The summed E-state index contributed by atoms with van der Waals surface area (Å²) in [5, 5.41) is 0. The normalized spacial score (nSPS) is 9.64. The first-order valence-electron chi connectivity index (χ1n) is 38.4. The van der Waals surface area contributed by atoms with Crippen molar-refractivity contribution in [3.05, 3.63) is 352 Å². The van der Waals surface area contributed by atoms with E-state index in [9.17, 15) is 57.5 Å². The first-order valence-corrected chi connectivity index (χ1v) is 38.4. The zero-order valence-corrected chi connectivity index (χ0v) is 68.5. The van der Waals surface area contributed by atoms with Gasteiger partial charge in [0, 0.05) is 0 Å². The zero-order chi connectivity index (χ0) is 88.8. The van der Waals surface area contributed by atoms with Crippen LogP contribution in [0.2, 0.25) is 0 Å². The molecule has 0 unspecified atom stereocenters. The molecule has 6 aromatic carbocycles. The third kappa shape index (κ3) is 46.6. The van der Waals surface area contributed by atoms with Crippen molar-refractivity contribution in [2.24, 2.45) is 0 Å². The van der Waals surface area contributed by atoms with Crippen molar-refractivity contribution >= 4 is 71.6 Å². The van der Waals surface area contributed by atoms with Gasteiger partial charge in [-0.3, -0.25) is 0 Å². The second-order valence-electron chi connectivity index (χ2n) is 24.5. The summed E-state index contributed by atoms with van der Waals surface area (Å²) in [6.45, 7) is 41.8. The summed E-state index contributed by atoms with van der Waals surface area (Å²) in [4.78, 5) is 139. The van der Waals surface area contributed by atoms with Gasteiger partial charge in [0.15, 0.2) is 0 Å². The quantitative estimate of drug-likeness (QED) is 0.0148. The molecule has 0 N–H and O–H groups in total. The Morgan fingerprint density at radius 1 is 0.200 bits per heavy atom. The van der Waals surface area contributed by atoms with E-state index in [0.29, 0.717) is 106 Å². The highest BCUT2D eigenvalue weighted by Crippen LogP contribution is 2.16. The molecule has 0 saturated heterocycles. The number of carbonyl (C=O) groups excluding carboxylic acids is 12. The average molecular weight is 1650 g/mol. The number of benzene rings is 6. The molecule has 24 nitrogen and oxygen atoms in total. The van der Waals surface area contributed by atoms with Crippen molar-refractivity contribution in [3.8, 4) is 0 Å². The highest BCUT2D eigenvalue weighted by atomic mass is 16.6. The number of carbonyl (C=O) groups is 12. The topological polar surface area (TPSA) is 316 Å². The van der Waals surface area contributed by atoms with Crippen molar-refractivity contribution in [2.75, 3.05) is 79.8 Å². The number of hydrogen-bond donors (Lipinski definition) is 0. The molecule has 0 aliphatic rings. The van der Waals surface area contributed by atoms with Gasteiger partial charge in [0.05, 0.1) is 114 Å². The SMILES string of the molecule is C=CCCCCOC(=O)c1ccc(C(=O)OCCCCC=C)cc1.C=CCCCOC(=O)c1ccc(C(=O)OCCCC=C)cc1.C=CCCCOC(=O)c1cccc(C(=O)OCCCC=C)c1.C=CCOC(=O)c1ccc(C(=O)OC)cc1.C=CCOC(=O)c1ccc(C(=O)OCC=C)cc1.C=CCOC(=O)c1cccc(C(=O)OCC=C)c1. The van der Waals surface area contributed by atoms with E-state index in [1.165, 1.54) is 98.2 Å². The van der Waals surface area contributed by atoms with Crippen LogP contribution in [-0.2, 0) is 56.8 Å². The molecule has 6 aromatic rings. The molecule has 0 amide bonds. The molecule has 0 bridgehead atoms. The van der Waals surface area contributed by atoms with Gasteiger partial charge in [0.2, 0.25) is 0 Å². The van der Waals surface area contributed by atoms with Gasteiger partial charge >= 0.3 is 71.6 Å². The highest BCUT2D eigenvalue weighted by Gasteiger charge is 2.18. The number of rotatable bonds is 48. The smallest absolute Gasteiger partial charge is 0.338 e. The zero-order valence-electron chi connectivity index (χ0n) is 68.5. The second kappa shape index (κ2) is 67.3. The molecule has 638 valence electrons. The largest absolute Gasteiger partial charge is 0.465 e. The van der Waals surface area contributed by atoms with Gasteiger partial charge in [-0.15, -0.1) is 39.5 Å². The van der Waals surface area contributed by atoms with Crippen LogP contribution in [0.4, 0.5) is 0 Å². The lowest BCUT2D eigenvalue weighted by atomic mass is 10.1. The predicted octanol–water partition coefficient (Wildman–Crippen LogP) is 19.1. The summed E-state index contributed by atoms with van der Waals surface area (Å²) in [6, 6.07) is 37.2. The monoisotopic (exact) mass is 1650 g/mol. The first-order chi connectivity index (χ1) is 58.1. The van der Waals surface area contributed by atoms with Gasteiger partial charge in [-0.2, -0.15) is 0 Å². The summed E-state index contributed by atoms with van der Waals surface area (Å²) in [5.41, 5.74) is 4.51. The van der Waals surface area contributed by atoms with E-state index in [1.54, 1.807) is 109 Å². The Morgan fingerprint density at radius 2 is 0.358 bits per heavy atom. The molecule has 0 saturated carbocycles. The van der Waals surface area contributed by atoms with Crippen LogP contribution < -0.4 is 0 Å². The van der Waals surface area contributed by atoms with Crippen molar-refractivity contribution < 1.29 is 114 Å². The third-order valence-electron chi connectivity index (χ3n) is 15.2. The summed E-state index contributed by atoms with van der Waals surface area (Å²) < 4.78 is 59.6. The van der Waals surface area contributed by atoms with E-state index < -0.39 is 59.7 Å². The lowest BCUT2D eigenvalue weighted by Crippen LogP contribution is -2.10. The molecule has 0 heterocycles. The van der Waals surface area contributed by atoms with E-state index in [0.717, 1.165) is 89.9 Å². The lowest BCUT2D eigenvalue weighted by molar-refractivity contribution is 0.0484. The number of allylic oxidation sites excluding steroid dienone is 6. The maximum Gasteiger partial charge on any atom is 0.338 e. The van der Waals surface area contributed by atoms with Gasteiger partial charge in [0.25, 0.3) is 0 Å². The molecular formula is C96H110O24. The fourth-order valence-corrected chi connectivity index (χ4v) is 8.90. The van der Waals surface area contributed by atoms with Crippen LogP contribution >= 0.6 is 0 Å². The summed E-state index contributed by atoms with van der Waals surface area (Å²) >= 11 is 0. The van der Waals surface area contributed by atoms with Gasteiger partial charge in [-0.05, 0) is 223 Å². The average Bonchev–Trinajstić information content (AvgIpc) is 0.783. The van der Waals surface area contributed by atoms with Crippen LogP contribution in [0.15, 0.2) is 285 Å². The van der Waals surface area contributed by atoms with Gasteiger partial charge in [-0.1, -0.05) is 112 Å². The standard InChI is InChI=1S/C20H26O4.2C18H22O4.2C14H14O4.C12H12O4/c1-3-5-7-9-15-23-19(21)17-11-13-18(14-12-17)20(22)24-16-10-8-6-4-2;1-3-5-7-13-21-17(19)15-9-11-16(12-10-15)18(20)22-14-8-6-4-2;1-3-5-7-12-21-17(19)15-10-9-11-16(14-15)18(20)22-13-8-6-4-2;1-3-9-17-13(15)11-5-7-12(8-6-11)14(16)18-10-4-2;1-3-8-17-13(15)11-6-5-7-12(10-11)14(16)18-9-4-2;1-3-8-16-12(14)10-6-4-9(5-7-10)11(13)15-2/h3-4,11-14H,1-2,5-10,15-16H2;3-4,9-12H,1-2,5-8,13-14H2;3-4,9-11,14H,1-2,5-8,12-13H2;3-8H,1-2,9-10H2;3-7,10H,1-2,8-9H2;3-7H,1,8H2,2H3. The molecule has 120 heavy (non-hydrogen) atoms. The van der Waals surface area contributed by atoms with Crippen molar-refractivity contribution in [1.82, 2.24) is 0 Å². The second-order valence-corrected chi connectivity index (χ2v) is 24.5. The molecule has 0 aliphatic carbocycles. The summed E-state index contributed by atoms with van der Waals surface area (Å²) in [6.07, 6.45) is 29.8. The van der Waals surface area contributed by atoms with Crippen molar-refractivity contribution in [2.45, 2.75) is 89.9 Å². The van der Waals surface area contributed by atoms with E-state index in [4.69, 9.17) is 52.1 Å². The Morgan fingerprint density at radius 3 is 0.542 bits per heavy atom. The molecule has 0 spiro atoms. The third-order valence-corrected chi connectivity index (χ3v) is 15.2. The molecule has 0 aliphatic heterocycles. The van der Waals surface area contributed by atoms with Gasteiger partial charge in [-0.25, -0.2) is 57.5 Å². The van der Waals surface area contributed by atoms with E-state index >= 15 is 0 Å². The van der Waals surface area contributed by atoms with Crippen LogP contribution in [0.3, 0.4) is 0 Å². The van der Waals surface area contributed by atoms with Crippen LogP contribution in [0.1, 0.15) is 214 Å². The number of esters is 12. The molecule has 0 aromatic heterocycles. The van der Waals surface area contributed by atoms with Crippen LogP contribution in [0, 0.1) is 0 Å². The van der Waals surface area contributed by atoms with Gasteiger partial charge < -0.3 is 56.8 Å². The molecule has 0 radical (unpaired) electrons. The maximum atomic E-state index is 11.9. The minimum Gasteiger partial charge on any atom is -0.465 e. The number of unbranched alkanes of at least 4 members (excludes halogenated alkanes) is 8. The summed E-state index contributed by atoms with van der Waals surface area (Å²) in [7, 11) is 1.30. The Labute approximate surface area is 703 Å². The molecular weight excluding hydrogens is 1540 g/mol. The minimum atomic E-state index is -0.506. The number of ether oxygens (including phenoxy) is 12. The Balaban J connectivity index is 0.000000723. The fourth-order valence-electron chi connectivity index (χ4n) is 8.90. The molecule has 0 fully saturated rings. The summed E-state index contributed by atoms with van der Waals surface area (Å²) in [5.74, 6) is -5.23. The minimum absolute atomic E-state index is 0.129. The predicted molar refractivity (Wildman–Crippen MR) is 460 cm³/mol. The van der Waals surface area contributed by atoms with Crippen LogP contribution in [0.5, 0.6) is 0 Å². The van der Waals surface area contributed by atoms with Crippen molar-refractivity contribution in [3.63, 3.8) is 0 Å². The Bertz CT molecular complexity index is 4040. The molecule has 24 heteroatoms. The van der Waals surface area contributed by atoms with E-state index in [1.807, 2.05) is 12.2 Å². The van der Waals surface area contributed by atoms with Gasteiger partial charge in [0.1, 0.15) is 33.0 Å². The highest BCUT2D eigenvalue weighted by molar-refractivity contribution is 5.98. The molecule has 6 rings (SSSR count). The number of methoxy groups -OCH3 is 1. The van der Waals surface area contributed by atoms with Crippen molar-refractivity contribution in [1.29, 1.82) is 0 Å². The number of hydrogen-bond acceptors (Lipinski definition) is 24.